The highest BCUT2D eigenvalue weighted by Crippen LogP contribution is 2.47. The summed E-state index contributed by atoms with van der Waals surface area (Å²) in [5.74, 6) is -1.80. The van der Waals surface area contributed by atoms with Crippen LogP contribution in [-0.4, -0.2) is 53.0 Å². The third-order valence-corrected chi connectivity index (χ3v) is 4.35. The lowest BCUT2D eigenvalue weighted by Crippen LogP contribution is -2.24. The van der Waals surface area contributed by atoms with E-state index >= 15 is 0 Å². The number of hydrogen-bond donors (Lipinski definition) is 2. The normalized spacial score (nSPS) is 11.6. The number of ether oxygens (including phenoxy) is 1. The molecule has 12 heteroatoms. The molecule has 1 aromatic rings. The van der Waals surface area contributed by atoms with Crippen LogP contribution in [0.3, 0.4) is 0 Å². The molecule has 2 amide bonds. The van der Waals surface area contributed by atoms with Crippen molar-refractivity contribution in [2.45, 2.75) is 20.4 Å². The standard InChI is InChI=1S/C11H20N5O6P/c1-3-21-23(19,22-4-2)7-20-6-5-16-9(11(13)18)8(10(12)17)14-15-16/h3-7H2,1-2H3,(H2,12,17)(H2,13,18). The molecule has 0 aromatic carbocycles. The molecule has 0 atom stereocenters. The highest BCUT2D eigenvalue weighted by molar-refractivity contribution is 7.53. The van der Waals surface area contributed by atoms with Crippen molar-refractivity contribution in [2.75, 3.05) is 26.2 Å². The summed E-state index contributed by atoms with van der Waals surface area (Å²) in [6, 6.07) is 0. The first-order chi connectivity index (χ1) is 10.8. The zero-order valence-corrected chi connectivity index (χ0v) is 13.8. The molecule has 0 aliphatic heterocycles. The second-order valence-corrected chi connectivity index (χ2v) is 6.22. The molecule has 23 heavy (non-hydrogen) atoms. The van der Waals surface area contributed by atoms with Crippen molar-refractivity contribution in [3.05, 3.63) is 11.4 Å². The first-order valence-corrected chi connectivity index (χ1v) is 8.56. The SMILES string of the molecule is CCOP(=O)(COCCn1nnc(C(N)=O)c1C(N)=O)OCC. The average molecular weight is 349 g/mol. The van der Waals surface area contributed by atoms with Crippen LogP contribution in [0.4, 0.5) is 0 Å². The maximum Gasteiger partial charge on any atom is 0.356 e. The van der Waals surface area contributed by atoms with Gasteiger partial charge in [-0.2, -0.15) is 0 Å². The second-order valence-electron chi connectivity index (χ2n) is 4.22. The molecule has 11 nitrogen and oxygen atoms in total. The molecule has 0 bridgehead atoms. The quantitative estimate of drug-likeness (QED) is 0.407. The Kier molecular flexibility index (Phi) is 7.30. The average Bonchev–Trinajstić information content (AvgIpc) is 2.88. The van der Waals surface area contributed by atoms with Crippen LogP contribution in [0.2, 0.25) is 0 Å². The zero-order chi connectivity index (χ0) is 17.5. The van der Waals surface area contributed by atoms with Crippen LogP contribution in [-0.2, 0) is 24.9 Å². The first kappa shape index (κ1) is 19.2. The van der Waals surface area contributed by atoms with Crippen LogP contribution in [0, 0.1) is 0 Å². The molecule has 0 radical (unpaired) electrons. The topological polar surface area (TPSA) is 162 Å². The molecule has 1 heterocycles. The Morgan fingerprint density at radius 3 is 2.26 bits per heavy atom. The number of nitrogens with zero attached hydrogens (tertiary/aromatic N) is 3. The maximum atomic E-state index is 12.2. The summed E-state index contributed by atoms with van der Waals surface area (Å²) in [5, 5.41) is 7.12. The summed E-state index contributed by atoms with van der Waals surface area (Å²) in [6.07, 6.45) is -0.252. The number of aromatic nitrogens is 3. The summed E-state index contributed by atoms with van der Waals surface area (Å²) in [7, 11) is -3.32. The fourth-order valence-corrected chi connectivity index (χ4v) is 3.08. The van der Waals surface area contributed by atoms with Gasteiger partial charge in [0.2, 0.25) is 0 Å². The Balaban J connectivity index is 2.64. The number of nitrogens with two attached hydrogens (primary N) is 2. The minimum Gasteiger partial charge on any atom is -0.367 e. The Bertz CT molecular complexity index is 594. The summed E-state index contributed by atoms with van der Waals surface area (Å²) < 4.78 is 28.6. The third kappa shape index (κ3) is 5.39. The molecule has 0 aliphatic rings. The third-order valence-electron chi connectivity index (χ3n) is 2.55. The molecule has 0 spiro atoms. The van der Waals surface area contributed by atoms with E-state index in [1.807, 2.05) is 0 Å². The van der Waals surface area contributed by atoms with Gasteiger partial charge in [0.1, 0.15) is 6.35 Å². The number of hydrogen-bond acceptors (Lipinski definition) is 8. The summed E-state index contributed by atoms with van der Waals surface area (Å²) >= 11 is 0. The maximum absolute atomic E-state index is 12.2. The van der Waals surface area contributed by atoms with Gasteiger partial charge in [-0.3, -0.25) is 14.2 Å². The minimum atomic E-state index is -3.32. The lowest BCUT2D eigenvalue weighted by molar-refractivity contribution is 0.0953. The predicted octanol–water partition coefficient (Wildman–Crippen LogP) is -0.284. The Morgan fingerprint density at radius 1 is 1.17 bits per heavy atom. The molecule has 0 fully saturated rings. The van der Waals surface area contributed by atoms with Crippen LogP contribution < -0.4 is 11.5 Å². The van der Waals surface area contributed by atoms with E-state index in [0.717, 1.165) is 4.68 Å². The monoisotopic (exact) mass is 349 g/mol. The van der Waals surface area contributed by atoms with Crippen molar-refractivity contribution in [3.8, 4) is 0 Å². The van der Waals surface area contributed by atoms with Crippen molar-refractivity contribution in [1.29, 1.82) is 0 Å². The highest BCUT2D eigenvalue weighted by atomic mass is 31.2. The van der Waals surface area contributed by atoms with E-state index < -0.39 is 19.4 Å². The van der Waals surface area contributed by atoms with E-state index in [1.165, 1.54) is 0 Å². The molecule has 4 N–H and O–H groups in total. The van der Waals surface area contributed by atoms with Gasteiger partial charge < -0.3 is 25.3 Å². The highest BCUT2D eigenvalue weighted by Gasteiger charge is 2.25. The van der Waals surface area contributed by atoms with E-state index in [0.29, 0.717) is 0 Å². The van der Waals surface area contributed by atoms with Gasteiger partial charge in [0.05, 0.1) is 26.4 Å². The van der Waals surface area contributed by atoms with E-state index in [-0.39, 0.29) is 44.1 Å². The Hall–Kier alpha value is -1.81. The smallest absolute Gasteiger partial charge is 0.356 e. The molecule has 1 aromatic heterocycles. The van der Waals surface area contributed by atoms with Gasteiger partial charge in [0, 0.05) is 0 Å². The lowest BCUT2D eigenvalue weighted by atomic mass is 10.3. The van der Waals surface area contributed by atoms with Gasteiger partial charge in [-0.25, -0.2) is 4.68 Å². The molecule has 1 rings (SSSR count). The largest absolute Gasteiger partial charge is 0.367 e. The number of carbonyl (C=O) groups excluding carboxylic acids is 2. The van der Waals surface area contributed by atoms with Crippen LogP contribution in [0.1, 0.15) is 34.8 Å². The van der Waals surface area contributed by atoms with Crippen molar-refractivity contribution in [2.24, 2.45) is 11.5 Å². The molecule has 130 valence electrons. The number of rotatable bonds is 11. The number of carbonyl (C=O) groups is 2. The van der Waals surface area contributed by atoms with Crippen LogP contribution in [0.5, 0.6) is 0 Å². The fraction of sp³-hybridized carbons (Fsp3) is 0.636. The molecule has 0 saturated carbocycles. The van der Waals surface area contributed by atoms with E-state index in [9.17, 15) is 14.2 Å². The van der Waals surface area contributed by atoms with Crippen LogP contribution in [0.25, 0.3) is 0 Å². The van der Waals surface area contributed by atoms with Crippen LogP contribution >= 0.6 is 7.60 Å². The summed E-state index contributed by atoms with van der Waals surface area (Å²) in [4.78, 5) is 22.5. The summed E-state index contributed by atoms with van der Waals surface area (Å²) in [5.41, 5.74) is 9.74. The molecular formula is C11H20N5O6P. The van der Waals surface area contributed by atoms with Crippen LogP contribution in [0.15, 0.2) is 0 Å². The van der Waals surface area contributed by atoms with Gasteiger partial charge in [0.25, 0.3) is 11.8 Å². The Labute approximate surface area is 132 Å². The molecule has 0 aliphatic carbocycles. The van der Waals surface area contributed by atoms with E-state index in [2.05, 4.69) is 10.3 Å². The predicted molar refractivity (Wildman–Crippen MR) is 78.7 cm³/mol. The van der Waals surface area contributed by atoms with Gasteiger partial charge in [0.15, 0.2) is 11.4 Å². The number of primary amides is 2. The minimum absolute atomic E-state index is 0.0198. The van der Waals surface area contributed by atoms with Crippen molar-refractivity contribution >= 4 is 19.4 Å². The molecule has 0 unspecified atom stereocenters. The summed E-state index contributed by atoms with van der Waals surface area (Å²) in [6.45, 7) is 3.88. The first-order valence-electron chi connectivity index (χ1n) is 6.83. The van der Waals surface area contributed by atoms with Crippen molar-refractivity contribution in [3.63, 3.8) is 0 Å². The van der Waals surface area contributed by atoms with Gasteiger partial charge in [-0.05, 0) is 13.8 Å². The van der Waals surface area contributed by atoms with E-state index in [1.54, 1.807) is 13.8 Å². The molecular weight excluding hydrogens is 329 g/mol. The number of amides is 2. The lowest BCUT2D eigenvalue weighted by Gasteiger charge is -2.16. The van der Waals surface area contributed by atoms with Crippen molar-refractivity contribution in [1.82, 2.24) is 15.0 Å². The van der Waals surface area contributed by atoms with Crippen molar-refractivity contribution < 1.29 is 27.9 Å². The van der Waals surface area contributed by atoms with Gasteiger partial charge >= 0.3 is 7.60 Å². The van der Waals surface area contributed by atoms with Gasteiger partial charge in [-0.15, -0.1) is 5.10 Å². The fourth-order valence-electron chi connectivity index (χ4n) is 1.71. The zero-order valence-electron chi connectivity index (χ0n) is 12.9. The molecule has 0 saturated heterocycles. The second kappa shape index (κ2) is 8.73. The Morgan fingerprint density at radius 2 is 1.78 bits per heavy atom. The van der Waals surface area contributed by atoms with E-state index in [4.69, 9.17) is 25.3 Å². The van der Waals surface area contributed by atoms with Gasteiger partial charge in [-0.1, -0.05) is 5.21 Å².